The van der Waals surface area contributed by atoms with Gasteiger partial charge in [0.15, 0.2) is 12.0 Å². The Hall–Kier alpha value is -2.14. The van der Waals surface area contributed by atoms with Gasteiger partial charge in [-0.25, -0.2) is 0 Å². The Morgan fingerprint density at radius 2 is 1.50 bits per heavy atom. The Morgan fingerprint density at radius 1 is 1.00 bits per heavy atom. The molecule has 0 bridgehead atoms. The number of aldehydes is 1. The first-order valence-corrected chi connectivity index (χ1v) is 7.93. The van der Waals surface area contributed by atoms with Crippen LogP contribution in [-0.2, 0) is 15.5 Å². The molecule has 0 atom stereocenters. The molecule has 0 aliphatic rings. The number of ketones is 2. The predicted molar refractivity (Wildman–Crippen MR) is 94.5 cm³/mol. The zero-order chi connectivity index (χ0) is 18.5. The second-order valence-electron chi connectivity index (χ2n) is 5.12. The molecule has 0 spiro atoms. The summed E-state index contributed by atoms with van der Waals surface area (Å²) in [5.74, 6) is 3.40. The van der Waals surface area contributed by atoms with Gasteiger partial charge in [-0.3, -0.25) is 4.79 Å². The van der Waals surface area contributed by atoms with Crippen molar-refractivity contribution in [1.82, 2.24) is 0 Å². The Bertz CT molecular complexity index is 615. The highest BCUT2D eigenvalue weighted by molar-refractivity contribution is 6.16. The first kappa shape index (κ1) is 21.9. The lowest BCUT2D eigenvalue weighted by Gasteiger charge is -1.86. The summed E-state index contributed by atoms with van der Waals surface area (Å²) in [7, 11) is 0. The fraction of sp³-hybridized carbons (Fsp3) is 0.389. The second-order valence-corrected chi connectivity index (χ2v) is 5.38. The van der Waals surface area contributed by atoms with E-state index < -0.39 is 0 Å². The topological polar surface area (TPSA) is 77.5 Å². The van der Waals surface area contributed by atoms with Gasteiger partial charge in [-0.2, -0.15) is 0 Å². The Kier molecular flexibility index (Phi) is 11.2. The molecule has 134 valence electrons. The van der Waals surface area contributed by atoms with E-state index in [1.165, 1.54) is 13.8 Å². The van der Waals surface area contributed by atoms with E-state index in [1.54, 1.807) is 12.1 Å². The van der Waals surface area contributed by atoms with Crippen molar-refractivity contribution in [2.75, 3.05) is 0 Å². The summed E-state index contributed by atoms with van der Waals surface area (Å²) in [4.78, 5) is 30.4. The molecule has 0 aliphatic carbocycles. The molecule has 0 saturated carbocycles. The number of hydrogen-bond donors (Lipinski definition) is 0. The molecule has 0 unspecified atom stereocenters. The van der Waals surface area contributed by atoms with Gasteiger partial charge in [0.05, 0.1) is 5.88 Å². The van der Waals surface area contributed by atoms with E-state index in [0.29, 0.717) is 36.5 Å². The molecule has 6 heteroatoms. The fourth-order valence-electron chi connectivity index (χ4n) is 1.44. The Balaban J connectivity index is 0. The van der Waals surface area contributed by atoms with E-state index in [9.17, 15) is 14.4 Å². The van der Waals surface area contributed by atoms with Crippen LogP contribution in [0.2, 0.25) is 0 Å². The molecule has 2 heterocycles. The van der Waals surface area contributed by atoms with Gasteiger partial charge in [-0.05, 0) is 52.0 Å². The van der Waals surface area contributed by atoms with Crippen molar-refractivity contribution < 1.29 is 24.6 Å². The molecule has 0 aliphatic heterocycles. The smallest absolute Gasteiger partial charge is 0.185 e. The van der Waals surface area contributed by atoms with Crippen molar-refractivity contribution in [3.8, 4) is 0 Å². The summed E-state index contributed by atoms with van der Waals surface area (Å²) in [5.41, 5.74) is 0. The van der Waals surface area contributed by atoms with E-state index in [-0.39, 0.29) is 13.0 Å². The van der Waals surface area contributed by atoms with Gasteiger partial charge < -0.3 is 18.4 Å². The van der Waals surface area contributed by atoms with Crippen molar-refractivity contribution in [3.63, 3.8) is 0 Å². The van der Waals surface area contributed by atoms with Crippen LogP contribution >= 0.6 is 11.6 Å². The fourth-order valence-corrected chi connectivity index (χ4v) is 1.58. The third kappa shape index (κ3) is 11.4. The van der Waals surface area contributed by atoms with Crippen molar-refractivity contribution in [3.05, 3.63) is 47.3 Å². The lowest BCUT2D eigenvalue weighted by Crippen LogP contribution is -1.95. The number of alkyl halides is 1. The lowest BCUT2D eigenvalue weighted by atomic mass is 10.2. The van der Waals surface area contributed by atoms with Gasteiger partial charge in [0.25, 0.3) is 0 Å². The molecule has 0 radical (unpaired) electrons. The number of rotatable bonds is 5. The molecular weight excluding hydrogens is 332 g/mol. The maximum absolute atomic E-state index is 10.2. The largest absolute Gasteiger partial charge is 0.467 e. The van der Waals surface area contributed by atoms with Crippen LogP contribution in [0.15, 0.2) is 33.1 Å². The minimum absolute atomic E-state index is 0. The minimum Gasteiger partial charge on any atom is -0.467 e. The van der Waals surface area contributed by atoms with E-state index >= 15 is 0 Å². The minimum atomic E-state index is 0. The molecule has 5 nitrogen and oxygen atoms in total. The molecule has 0 fully saturated rings. The second kappa shape index (κ2) is 12.3. The zero-order valence-corrected chi connectivity index (χ0v) is 15.2. The molecule has 0 aromatic carbocycles. The Labute approximate surface area is 148 Å². The molecule has 0 saturated heterocycles. The quantitative estimate of drug-likeness (QED) is 0.561. The molecule has 2 rings (SSSR count). The van der Waals surface area contributed by atoms with E-state index in [4.69, 9.17) is 20.4 Å². The monoisotopic (exact) mass is 356 g/mol. The van der Waals surface area contributed by atoms with Crippen molar-refractivity contribution in [2.45, 2.75) is 46.4 Å². The number of aryl methyl sites for hydroxylation is 2. The summed E-state index contributed by atoms with van der Waals surface area (Å²) < 4.78 is 9.97. The number of halogens is 1. The van der Waals surface area contributed by atoms with Crippen molar-refractivity contribution in [1.29, 1.82) is 0 Å². The molecule has 24 heavy (non-hydrogen) atoms. The van der Waals surface area contributed by atoms with Crippen LogP contribution in [0.1, 0.15) is 56.0 Å². The van der Waals surface area contributed by atoms with E-state index in [0.717, 1.165) is 11.5 Å². The van der Waals surface area contributed by atoms with Gasteiger partial charge in [-0.15, -0.1) is 11.6 Å². The summed E-state index contributed by atoms with van der Waals surface area (Å²) in [6.07, 6.45) is 1.45. The summed E-state index contributed by atoms with van der Waals surface area (Å²) in [6, 6.07) is 7.17. The highest BCUT2D eigenvalue weighted by atomic mass is 35.5. The number of carbonyl (C=O) groups is 3. The highest BCUT2D eigenvalue weighted by Crippen LogP contribution is 2.07. The van der Waals surface area contributed by atoms with Crippen LogP contribution in [0.3, 0.4) is 0 Å². The number of furan rings is 2. The first-order valence-electron chi connectivity index (χ1n) is 7.40. The normalized spacial score (nSPS) is 9.21. The third-order valence-corrected chi connectivity index (χ3v) is 2.90. The van der Waals surface area contributed by atoms with Gasteiger partial charge in [0, 0.05) is 14.3 Å². The lowest BCUT2D eigenvalue weighted by molar-refractivity contribution is -0.122. The summed E-state index contributed by atoms with van der Waals surface area (Å²) >= 11 is 5.39. The number of hydrogen-bond acceptors (Lipinski definition) is 5. The third-order valence-electron chi connectivity index (χ3n) is 2.63. The summed E-state index contributed by atoms with van der Waals surface area (Å²) in [6.45, 7) is 6.85. The van der Waals surface area contributed by atoms with Gasteiger partial charge >= 0.3 is 0 Å². The van der Waals surface area contributed by atoms with Crippen molar-refractivity contribution in [2.24, 2.45) is 0 Å². The van der Waals surface area contributed by atoms with Crippen LogP contribution in [0.4, 0.5) is 0 Å². The molecule has 0 N–H and O–H groups in total. The van der Waals surface area contributed by atoms with Gasteiger partial charge in [0.1, 0.15) is 28.8 Å². The van der Waals surface area contributed by atoms with Crippen LogP contribution < -0.4 is 0 Å². The number of Topliss-reactive ketones (excluding diaryl/α,β-unsaturated/α-hetero) is 2. The van der Waals surface area contributed by atoms with Gasteiger partial charge in [-0.1, -0.05) is 0 Å². The van der Waals surface area contributed by atoms with Crippen LogP contribution in [-0.4, -0.2) is 17.9 Å². The average Bonchev–Trinajstić information content (AvgIpc) is 3.14. The van der Waals surface area contributed by atoms with E-state index in [1.807, 2.05) is 26.0 Å². The molecular formula is C18H25ClO5. The molecule has 2 aromatic rings. The van der Waals surface area contributed by atoms with Crippen LogP contribution in [0, 0.1) is 13.8 Å². The zero-order valence-electron chi connectivity index (χ0n) is 14.4. The highest BCUT2D eigenvalue weighted by Gasteiger charge is 1.96. The van der Waals surface area contributed by atoms with E-state index in [2.05, 4.69) is 0 Å². The van der Waals surface area contributed by atoms with Crippen molar-refractivity contribution >= 4 is 29.5 Å². The molecule has 0 amide bonds. The first-order chi connectivity index (χ1) is 11.3. The maximum Gasteiger partial charge on any atom is 0.185 e. The van der Waals surface area contributed by atoms with Gasteiger partial charge in [0.2, 0.25) is 0 Å². The standard InChI is InChI=1S/C6H5ClO2.C6H10O2.C6H8O.H2/c7-3-5-1-2-6(4-8)9-5;1-5(7)3-4-6(2)8;1-5-3-4-6(2)7-5;/h1-2,4H,3H2;3-4H2,1-2H3;3-4H,1-2H3;1H. The predicted octanol–water partition coefficient (Wildman–Crippen LogP) is 4.92. The summed E-state index contributed by atoms with van der Waals surface area (Å²) in [5, 5.41) is 0. The number of carbonyl (C=O) groups excluding carboxylic acids is 3. The van der Waals surface area contributed by atoms with Crippen LogP contribution in [0.5, 0.6) is 0 Å². The Morgan fingerprint density at radius 3 is 1.71 bits per heavy atom. The molecule has 2 aromatic heterocycles. The maximum atomic E-state index is 10.2. The average molecular weight is 357 g/mol. The SMILES string of the molecule is CC(=O)CCC(C)=O.Cc1ccc(C)o1.O=Cc1ccc(CCl)o1.[HH]. The van der Waals surface area contributed by atoms with Crippen LogP contribution in [0.25, 0.3) is 0 Å².